The highest BCUT2D eigenvalue weighted by atomic mass is 32.2. The molecule has 0 radical (unpaired) electrons. The molecular weight excluding hydrogens is 1120 g/mol. The standard InChI is InChI=1S/C46H42N10O21S3/c1-77-38-17-12-34(13-18-38)46(32-8-4-2-5-9-32,33-10-6-3-7-11-33)47-22-23-48(78(71,72)42-19-14-35(51(59)60)28-39(42)54(65)66)24-25-49(79(73,74)43-20-15-36(52(61)62)29-40(43)55(67)68)26-27-50(31-45(57)58)80(75,76)44-21-16-37(53(63)64)30-41(44)56(69)70/h2-21,28-30,47H,22-27,31H2,1H3,(H,57,58). The van der Waals surface area contributed by atoms with Crippen molar-refractivity contribution in [2.24, 2.45) is 0 Å². The van der Waals surface area contributed by atoms with Crippen molar-refractivity contribution in [2.75, 3.05) is 52.9 Å². The maximum absolute atomic E-state index is 15.0. The third-order valence-electron chi connectivity index (χ3n) is 12.1. The van der Waals surface area contributed by atoms with Crippen molar-refractivity contribution >= 4 is 70.2 Å². The van der Waals surface area contributed by atoms with E-state index in [1.807, 2.05) is 0 Å². The lowest BCUT2D eigenvalue weighted by atomic mass is 9.77. The third kappa shape index (κ3) is 12.8. The van der Waals surface area contributed by atoms with E-state index in [1.165, 1.54) is 7.11 Å². The van der Waals surface area contributed by atoms with Crippen LogP contribution in [0.2, 0.25) is 0 Å². The molecule has 0 amide bonds. The summed E-state index contributed by atoms with van der Waals surface area (Å²) in [4.78, 5) is 73.1. The molecule has 34 heteroatoms. The van der Waals surface area contributed by atoms with Gasteiger partial charge in [0.25, 0.3) is 34.1 Å². The van der Waals surface area contributed by atoms with Crippen LogP contribution in [-0.4, -0.2) is 132 Å². The largest absolute Gasteiger partial charge is 0.497 e. The van der Waals surface area contributed by atoms with E-state index >= 15 is 8.42 Å². The van der Waals surface area contributed by atoms with Crippen LogP contribution in [0.5, 0.6) is 5.75 Å². The number of methoxy groups -OCH3 is 1. The molecule has 0 aliphatic heterocycles. The molecule has 0 spiro atoms. The number of nitrogens with zero attached hydrogens (tertiary/aromatic N) is 9. The minimum Gasteiger partial charge on any atom is -0.497 e. The van der Waals surface area contributed by atoms with Gasteiger partial charge in [-0.3, -0.25) is 70.8 Å². The van der Waals surface area contributed by atoms with Crippen LogP contribution in [0.25, 0.3) is 0 Å². The number of nitrogens with one attached hydrogen (secondary N) is 1. The highest BCUT2D eigenvalue weighted by molar-refractivity contribution is 7.90. The minimum absolute atomic E-state index is 0.0130. The van der Waals surface area contributed by atoms with Gasteiger partial charge in [0.15, 0.2) is 14.7 Å². The Kier molecular flexibility index (Phi) is 18.4. The lowest BCUT2D eigenvalue weighted by Gasteiger charge is -2.38. The summed E-state index contributed by atoms with van der Waals surface area (Å²) < 4.78 is 94.1. The number of hydrogen-bond donors (Lipinski definition) is 2. The molecule has 2 N–H and O–H groups in total. The van der Waals surface area contributed by atoms with E-state index in [4.69, 9.17) is 4.74 Å². The number of carboxylic acid groups (broad SMARTS) is 1. The number of benzene rings is 6. The maximum Gasteiger partial charge on any atom is 0.318 e. The van der Waals surface area contributed by atoms with Gasteiger partial charge in [0, 0.05) is 57.5 Å². The normalized spacial score (nSPS) is 12.1. The molecule has 80 heavy (non-hydrogen) atoms. The van der Waals surface area contributed by atoms with Crippen LogP contribution in [0.15, 0.2) is 154 Å². The topological polar surface area (TPSA) is 430 Å². The molecule has 0 aliphatic rings. The molecule has 6 aromatic rings. The molecule has 0 heterocycles. The van der Waals surface area contributed by atoms with E-state index in [0.29, 0.717) is 69.2 Å². The van der Waals surface area contributed by atoms with Crippen LogP contribution >= 0.6 is 0 Å². The van der Waals surface area contributed by atoms with E-state index in [9.17, 15) is 87.4 Å². The van der Waals surface area contributed by atoms with Crippen molar-refractivity contribution in [1.82, 2.24) is 18.2 Å². The van der Waals surface area contributed by atoms with Crippen LogP contribution in [-0.2, 0) is 40.4 Å². The summed E-state index contributed by atoms with van der Waals surface area (Å²) in [6.45, 7) is -7.91. The predicted octanol–water partition coefficient (Wildman–Crippen LogP) is 5.18. The summed E-state index contributed by atoms with van der Waals surface area (Å²) in [6, 6.07) is 27.9. The number of carbonyl (C=O) groups is 1. The summed E-state index contributed by atoms with van der Waals surface area (Å²) >= 11 is 0. The Hall–Kier alpha value is -9.32. The van der Waals surface area contributed by atoms with Crippen LogP contribution in [0.4, 0.5) is 34.1 Å². The quantitative estimate of drug-likeness (QED) is 0.0363. The number of aliphatic carboxylic acids is 1. The lowest BCUT2D eigenvalue weighted by Crippen LogP contribution is -2.50. The molecule has 0 unspecified atom stereocenters. The summed E-state index contributed by atoms with van der Waals surface area (Å²) in [7, 11) is -15.1. The minimum atomic E-state index is -5.60. The molecule has 6 aromatic carbocycles. The summed E-state index contributed by atoms with van der Waals surface area (Å²) in [5.41, 5.74) is -6.78. The molecule has 6 rings (SSSR count). The zero-order valence-electron chi connectivity index (χ0n) is 41.1. The van der Waals surface area contributed by atoms with Gasteiger partial charge in [-0.1, -0.05) is 72.8 Å². The van der Waals surface area contributed by atoms with Crippen molar-refractivity contribution < 1.29 is 69.4 Å². The van der Waals surface area contributed by atoms with Gasteiger partial charge in [-0.25, -0.2) is 25.3 Å². The van der Waals surface area contributed by atoms with Gasteiger partial charge in [-0.2, -0.15) is 12.9 Å². The Morgan fingerprint density at radius 2 is 0.800 bits per heavy atom. The molecule has 0 bridgehead atoms. The molecule has 0 atom stereocenters. The molecule has 0 saturated carbocycles. The fourth-order valence-corrected chi connectivity index (χ4v) is 13.0. The van der Waals surface area contributed by atoms with Gasteiger partial charge >= 0.3 is 5.97 Å². The molecule has 31 nitrogen and oxygen atoms in total. The van der Waals surface area contributed by atoms with E-state index in [1.54, 1.807) is 84.9 Å². The number of hydrogen-bond acceptors (Lipinski definition) is 21. The molecule has 0 aliphatic carbocycles. The van der Waals surface area contributed by atoms with Gasteiger partial charge in [0.1, 0.15) is 12.3 Å². The van der Waals surface area contributed by atoms with Crippen LogP contribution in [0.3, 0.4) is 0 Å². The van der Waals surface area contributed by atoms with Crippen molar-refractivity contribution in [3.8, 4) is 5.75 Å². The Labute approximate surface area is 451 Å². The first kappa shape index (κ1) is 59.9. The number of sulfonamides is 3. The second-order valence-electron chi connectivity index (χ2n) is 16.7. The van der Waals surface area contributed by atoms with Crippen molar-refractivity contribution in [2.45, 2.75) is 20.2 Å². The maximum atomic E-state index is 15.0. The number of nitro benzene ring substituents is 6. The van der Waals surface area contributed by atoms with Crippen LogP contribution in [0.1, 0.15) is 16.7 Å². The molecular formula is C46H42N10O21S3. The number of ether oxygens (including phenoxy) is 1. The van der Waals surface area contributed by atoms with Crippen molar-refractivity contribution in [3.05, 3.63) is 217 Å². The third-order valence-corrected chi connectivity index (χ3v) is 17.9. The van der Waals surface area contributed by atoms with E-state index < -0.39 is 166 Å². The summed E-state index contributed by atoms with van der Waals surface area (Å²) in [6.07, 6.45) is 0. The molecule has 0 fully saturated rings. The zero-order valence-corrected chi connectivity index (χ0v) is 43.5. The molecule has 420 valence electrons. The van der Waals surface area contributed by atoms with Gasteiger partial charge in [-0.15, -0.1) is 0 Å². The number of non-ortho nitro benzene ring substituents is 3. The monoisotopic (exact) mass is 1170 g/mol. The second kappa shape index (κ2) is 24.6. The smallest absolute Gasteiger partial charge is 0.318 e. The average molecular weight is 1170 g/mol. The zero-order chi connectivity index (χ0) is 58.9. The highest BCUT2D eigenvalue weighted by Gasteiger charge is 2.41. The van der Waals surface area contributed by atoms with Gasteiger partial charge in [0.2, 0.25) is 30.1 Å². The lowest BCUT2D eigenvalue weighted by molar-refractivity contribution is -0.396. The van der Waals surface area contributed by atoms with E-state index in [2.05, 4.69) is 5.32 Å². The molecule has 0 aromatic heterocycles. The number of nitro groups is 6. The van der Waals surface area contributed by atoms with Gasteiger partial charge in [-0.05, 0) is 47.0 Å². The van der Waals surface area contributed by atoms with Crippen molar-refractivity contribution in [1.29, 1.82) is 0 Å². The first-order valence-electron chi connectivity index (χ1n) is 22.7. The Morgan fingerprint density at radius 3 is 1.12 bits per heavy atom. The first-order valence-corrected chi connectivity index (χ1v) is 27.0. The Morgan fingerprint density at radius 1 is 0.475 bits per heavy atom. The van der Waals surface area contributed by atoms with Crippen LogP contribution < -0.4 is 10.1 Å². The number of carboxylic acids is 1. The predicted molar refractivity (Wildman–Crippen MR) is 277 cm³/mol. The fraction of sp³-hybridized carbons (Fsp3) is 0.196. The van der Waals surface area contributed by atoms with Gasteiger partial charge < -0.3 is 9.84 Å². The highest BCUT2D eigenvalue weighted by Crippen LogP contribution is 2.39. The molecule has 0 saturated heterocycles. The SMILES string of the molecule is COc1ccc(C(NCCN(CCN(CCN(CC(=O)O)S(=O)(=O)c2ccc([N+](=O)[O-])cc2[N+](=O)[O-])S(=O)(=O)c2ccc([N+](=O)[O-])cc2[N+](=O)[O-])S(=O)(=O)c2ccc([N+](=O)[O-])cc2[N+](=O)[O-])(c2ccccc2)c2ccccc2)cc1. The first-order chi connectivity index (χ1) is 37.7. The van der Waals surface area contributed by atoms with Gasteiger partial charge in [0.05, 0.1) is 60.4 Å². The van der Waals surface area contributed by atoms with E-state index in [-0.39, 0.29) is 20.7 Å². The van der Waals surface area contributed by atoms with Crippen LogP contribution in [0, 0.1) is 60.7 Å². The Bertz CT molecular complexity index is 3710. The second-order valence-corrected chi connectivity index (χ2v) is 22.4. The summed E-state index contributed by atoms with van der Waals surface area (Å²) in [5.74, 6) is -1.51. The summed E-state index contributed by atoms with van der Waals surface area (Å²) in [5, 5.41) is 85.1. The van der Waals surface area contributed by atoms with Crippen molar-refractivity contribution in [3.63, 3.8) is 0 Å². The number of rotatable bonds is 28. The fourth-order valence-electron chi connectivity index (χ4n) is 8.33. The Balaban J connectivity index is 1.53. The average Bonchev–Trinajstić information content (AvgIpc) is 3.52. The van der Waals surface area contributed by atoms with E-state index in [0.717, 1.165) is 0 Å².